The minimum atomic E-state index is -0.164. The van der Waals surface area contributed by atoms with E-state index in [1.165, 1.54) is 5.56 Å². The maximum absolute atomic E-state index is 12.8. The molecule has 0 saturated carbocycles. The van der Waals surface area contributed by atoms with Crippen LogP contribution in [0.4, 0.5) is 11.5 Å². The van der Waals surface area contributed by atoms with Gasteiger partial charge in [0.1, 0.15) is 11.5 Å². The van der Waals surface area contributed by atoms with Crippen LogP contribution in [-0.2, 0) is 6.42 Å². The van der Waals surface area contributed by atoms with Gasteiger partial charge in [-0.15, -0.1) is 0 Å². The maximum atomic E-state index is 12.8. The molecule has 0 bridgehead atoms. The summed E-state index contributed by atoms with van der Waals surface area (Å²) in [4.78, 5) is 24.3. The molecule has 1 aromatic heterocycles. The van der Waals surface area contributed by atoms with Gasteiger partial charge in [-0.1, -0.05) is 55.5 Å². The Labute approximate surface area is 165 Å². The highest BCUT2D eigenvalue weighted by atomic mass is 16.1. The molecule has 0 fully saturated rings. The fourth-order valence-electron chi connectivity index (χ4n) is 3.38. The normalized spacial score (nSPS) is 13.9. The summed E-state index contributed by atoms with van der Waals surface area (Å²) >= 11 is 0. The summed E-state index contributed by atoms with van der Waals surface area (Å²) in [5.41, 5.74) is 3.74. The lowest BCUT2D eigenvalue weighted by molar-refractivity contribution is 0.0934. The van der Waals surface area contributed by atoms with Gasteiger partial charge in [-0.3, -0.25) is 4.79 Å². The second kappa shape index (κ2) is 7.80. The molecule has 0 radical (unpaired) electrons. The molecule has 1 aliphatic heterocycles. The summed E-state index contributed by atoms with van der Waals surface area (Å²) in [7, 11) is 0. The average molecular weight is 372 g/mol. The Morgan fingerprint density at radius 3 is 2.64 bits per heavy atom. The number of carbonyl (C=O) groups is 1. The molecule has 142 valence electrons. The number of rotatable bonds is 5. The third-order valence-corrected chi connectivity index (χ3v) is 5.13. The standard InChI is InChI=1S/C23H24N4O/c1-3-16(2)24-23(28)19-15-21(26-22(25-19)18-10-5-4-6-11-18)27-14-13-17-9-7-8-12-20(17)27/h4-12,15-16H,3,13-14H2,1-2H3,(H,24,28). The van der Waals surface area contributed by atoms with Gasteiger partial charge in [-0.2, -0.15) is 0 Å². The van der Waals surface area contributed by atoms with Crippen molar-refractivity contribution >= 4 is 17.4 Å². The van der Waals surface area contributed by atoms with Crippen molar-refractivity contribution < 1.29 is 4.79 Å². The van der Waals surface area contributed by atoms with Crippen LogP contribution in [-0.4, -0.2) is 28.5 Å². The van der Waals surface area contributed by atoms with Crippen molar-refractivity contribution in [3.63, 3.8) is 0 Å². The van der Waals surface area contributed by atoms with Crippen LogP contribution >= 0.6 is 0 Å². The number of aromatic nitrogens is 2. The van der Waals surface area contributed by atoms with E-state index in [-0.39, 0.29) is 11.9 Å². The molecule has 1 atom stereocenters. The van der Waals surface area contributed by atoms with Gasteiger partial charge in [-0.25, -0.2) is 9.97 Å². The van der Waals surface area contributed by atoms with Crippen LogP contribution in [0.25, 0.3) is 11.4 Å². The van der Waals surface area contributed by atoms with Crippen molar-refractivity contribution in [1.82, 2.24) is 15.3 Å². The Morgan fingerprint density at radius 1 is 1.11 bits per heavy atom. The van der Waals surface area contributed by atoms with Crippen LogP contribution in [0.15, 0.2) is 60.7 Å². The number of para-hydroxylation sites is 1. The summed E-state index contributed by atoms with van der Waals surface area (Å²) in [6, 6.07) is 20.0. The Kier molecular flexibility index (Phi) is 5.06. The zero-order valence-electron chi connectivity index (χ0n) is 16.2. The highest BCUT2D eigenvalue weighted by Gasteiger charge is 2.23. The van der Waals surface area contributed by atoms with E-state index in [9.17, 15) is 4.79 Å². The molecule has 0 spiro atoms. The lowest BCUT2D eigenvalue weighted by Gasteiger charge is -2.20. The van der Waals surface area contributed by atoms with E-state index in [1.807, 2.05) is 50.2 Å². The van der Waals surface area contributed by atoms with Crippen LogP contribution in [0.5, 0.6) is 0 Å². The van der Waals surface area contributed by atoms with Gasteiger partial charge in [0.15, 0.2) is 5.82 Å². The monoisotopic (exact) mass is 372 g/mol. The predicted molar refractivity (Wildman–Crippen MR) is 112 cm³/mol. The first-order valence-corrected chi connectivity index (χ1v) is 9.76. The van der Waals surface area contributed by atoms with E-state index < -0.39 is 0 Å². The van der Waals surface area contributed by atoms with Crippen LogP contribution in [0.2, 0.25) is 0 Å². The van der Waals surface area contributed by atoms with E-state index in [0.29, 0.717) is 11.5 Å². The van der Waals surface area contributed by atoms with Crippen LogP contribution in [0.3, 0.4) is 0 Å². The number of hydrogen-bond acceptors (Lipinski definition) is 4. The highest BCUT2D eigenvalue weighted by molar-refractivity contribution is 5.94. The number of benzene rings is 2. The maximum Gasteiger partial charge on any atom is 0.270 e. The van der Waals surface area contributed by atoms with Gasteiger partial charge in [0.25, 0.3) is 5.91 Å². The minimum Gasteiger partial charge on any atom is -0.348 e. The molecule has 5 nitrogen and oxygen atoms in total. The molecule has 2 aromatic carbocycles. The molecule has 2 heterocycles. The van der Waals surface area contributed by atoms with Gasteiger partial charge in [0.05, 0.1) is 0 Å². The topological polar surface area (TPSA) is 58.1 Å². The van der Waals surface area contributed by atoms with E-state index in [1.54, 1.807) is 6.07 Å². The molecule has 1 N–H and O–H groups in total. The molecule has 4 rings (SSSR count). The zero-order chi connectivity index (χ0) is 19.5. The first-order chi connectivity index (χ1) is 13.7. The fraction of sp³-hybridized carbons (Fsp3) is 0.261. The van der Waals surface area contributed by atoms with Crippen molar-refractivity contribution in [2.75, 3.05) is 11.4 Å². The predicted octanol–water partition coefficient (Wildman–Crippen LogP) is 4.37. The van der Waals surface area contributed by atoms with Crippen LogP contribution < -0.4 is 10.2 Å². The molecule has 5 heteroatoms. The van der Waals surface area contributed by atoms with Crippen LogP contribution in [0, 0.1) is 0 Å². The SMILES string of the molecule is CCC(C)NC(=O)c1cc(N2CCc3ccccc32)nc(-c2ccccc2)n1. The molecule has 0 saturated heterocycles. The Balaban J connectivity index is 1.78. The van der Waals surface area contributed by atoms with Gasteiger partial charge in [0, 0.05) is 29.9 Å². The quantitative estimate of drug-likeness (QED) is 0.723. The molecular weight excluding hydrogens is 348 g/mol. The summed E-state index contributed by atoms with van der Waals surface area (Å²) < 4.78 is 0. The number of anilines is 2. The first-order valence-electron chi connectivity index (χ1n) is 9.76. The third kappa shape index (κ3) is 3.60. The van der Waals surface area contributed by atoms with Crippen LogP contribution in [0.1, 0.15) is 36.3 Å². The van der Waals surface area contributed by atoms with Gasteiger partial charge in [0.2, 0.25) is 0 Å². The van der Waals surface area contributed by atoms with E-state index in [2.05, 4.69) is 33.4 Å². The molecule has 0 aliphatic carbocycles. The van der Waals surface area contributed by atoms with Crippen molar-refractivity contribution in [3.8, 4) is 11.4 Å². The Morgan fingerprint density at radius 2 is 1.86 bits per heavy atom. The summed E-state index contributed by atoms with van der Waals surface area (Å²) in [6.45, 7) is 4.89. The van der Waals surface area contributed by atoms with E-state index >= 15 is 0 Å². The molecule has 3 aromatic rings. The van der Waals surface area contributed by atoms with Crippen molar-refractivity contribution in [3.05, 3.63) is 71.9 Å². The molecular formula is C23H24N4O. The number of nitrogens with zero attached hydrogens (tertiary/aromatic N) is 3. The lowest BCUT2D eigenvalue weighted by atomic mass is 10.2. The lowest BCUT2D eigenvalue weighted by Crippen LogP contribution is -2.33. The second-order valence-corrected chi connectivity index (χ2v) is 7.11. The van der Waals surface area contributed by atoms with E-state index in [4.69, 9.17) is 4.98 Å². The average Bonchev–Trinajstić information content (AvgIpc) is 3.18. The van der Waals surface area contributed by atoms with Crippen molar-refractivity contribution in [1.29, 1.82) is 0 Å². The number of fused-ring (bicyclic) bond motifs is 1. The minimum absolute atomic E-state index is 0.0959. The second-order valence-electron chi connectivity index (χ2n) is 7.11. The van der Waals surface area contributed by atoms with Gasteiger partial charge in [-0.05, 0) is 31.4 Å². The first kappa shape index (κ1) is 18.2. The van der Waals surface area contributed by atoms with Gasteiger partial charge >= 0.3 is 0 Å². The van der Waals surface area contributed by atoms with Gasteiger partial charge < -0.3 is 10.2 Å². The number of carbonyl (C=O) groups excluding carboxylic acids is 1. The number of nitrogens with one attached hydrogen (secondary N) is 1. The van der Waals surface area contributed by atoms with Crippen molar-refractivity contribution in [2.24, 2.45) is 0 Å². The fourth-order valence-corrected chi connectivity index (χ4v) is 3.38. The summed E-state index contributed by atoms with van der Waals surface area (Å²) in [5, 5.41) is 3.01. The molecule has 1 unspecified atom stereocenters. The highest BCUT2D eigenvalue weighted by Crippen LogP contribution is 2.34. The largest absolute Gasteiger partial charge is 0.348 e. The molecule has 1 aliphatic rings. The zero-order valence-corrected chi connectivity index (χ0v) is 16.2. The molecule has 1 amide bonds. The Bertz CT molecular complexity index is 987. The van der Waals surface area contributed by atoms with E-state index in [0.717, 1.165) is 36.5 Å². The summed E-state index contributed by atoms with van der Waals surface area (Å²) in [6.07, 6.45) is 1.84. The molecule has 28 heavy (non-hydrogen) atoms. The number of amides is 1. The third-order valence-electron chi connectivity index (χ3n) is 5.13. The van der Waals surface area contributed by atoms with Crippen molar-refractivity contribution in [2.45, 2.75) is 32.7 Å². The smallest absolute Gasteiger partial charge is 0.270 e. The number of hydrogen-bond donors (Lipinski definition) is 1. The summed E-state index contributed by atoms with van der Waals surface area (Å²) in [5.74, 6) is 1.16. The Hall–Kier alpha value is -3.21.